The van der Waals surface area contributed by atoms with E-state index < -0.39 is 41.4 Å². The van der Waals surface area contributed by atoms with Gasteiger partial charge in [-0.3, -0.25) is 14.6 Å². The summed E-state index contributed by atoms with van der Waals surface area (Å²) in [5.41, 5.74) is -0.745. The summed E-state index contributed by atoms with van der Waals surface area (Å²) >= 11 is 0. The van der Waals surface area contributed by atoms with Crippen molar-refractivity contribution in [3.05, 3.63) is 75.1 Å². The zero-order chi connectivity index (χ0) is 20.4. The number of nitrogens with one attached hydrogen (secondary N) is 2. The van der Waals surface area contributed by atoms with E-state index in [-0.39, 0.29) is 27.7 Å². The monoisotopic (exact) mass is 386 g/mol. The van der Waals surface area contributed by atoms with E-state index in [2.05, 4.69) is 15.3 Å². The molecule has 0 aliphatic heterocycles. The normalized spacial score (nSPS) is 11.8. The third-order valence-electron chi connectivity index (χ3n) is 4.09. The van der Waals surface area contributed by atoms with Crippen LogP contribution in [0, 0.1) is 28.8 Å². The number of hydrogen-bond acceptors (Lipinski definition) is 4. The van der Waals surface area contributed by atoms with Crippen LogP contribution in [0.25, 0.3) is 10.9 Å². The molecular weight excluding hydrogens is 373 g/mol. The fourth-order valence-electron chi connectivity index (χ4n) is 2.77. The maximum Gasteiger partial charge on any atom is 0.252 e. The molecule has 2 heterocycles. The number of carbonyl (C=O) groups excluding carboxylic acids is 1. The van der Waals surface area contributed by atoms with Crippen molar-refractivity contribution in [3.8, 4) is 6.07 Å². The van der Waals surface area contributed by atoms with Crippen LogP contribution in [0.5, 0.6) is 0 Å². The molecule has 1 aromatic carbocycles. The molecule has 2 aromatic heterocycles. The van der Waals surface area contributed by atoms with Crippen LogP contribution in [0.3, 0.4) is 0 Å². The fourth-order valence-corrected chi connectivity index (χ4v) is 2.77. The summed E-state index contributed by atoms with van der Waals surface area (Å²) < 4.78 is 41.1. The summed E-state index contributed by atoms with van der Waals surface area (Å²) in [6.07, 6.45) is 0.779. The van der Waals surface area contributed by atoms with Crippen LogP contribution in [-0.4, -0.2) is 15.9 Å². The molecule has 0 saturated heterocycles. The lowest BCUT2D eigenvalue weighted by Crippen LogP contribution is -2.31. The summed E-state index contributed by atoms with van der Waals surface area (Å²) in [6.45, 7) is 1.49. The van der Waals surface area contributed by atoms with Crippen molar-refractivity contribution in [1.82, 2.24) is 15.3 Å². The number of carbonyl (C=O) groups is 1. The Balaban J connectivity index is 1.80. The number of rotatable bonds is 4. The zero-order valence-corrected chi connectivity index (χ0v) is 14.5. The second-order valence-corrected chi connectivity index (χ2v) is 6.14. The summed E-state index contributed by atoms with van der Waals surface area (Å²) in [5.74, 6) is -3.08. The Kier molecular flexibility index (Phi) is 5.13. The second-order valence-electron chi connectivity index (χ2n) is 6.14. The minimum absolute atomic E-state index is 0.0242. The highest BCUT2D eigenvalue weighted by atomic mass is 19.1. The van der Waals surface area contributed by atoms with Gasteiger partial charge in [-0.05, 0) is 25.1 Å². The molecule has 9 heteroatoms. The van der Waals surface area contributed by atoms with Crippen molar-refractivity contribution in [2.24, 2.45) is 0 Å². The van der Waals surface area contributed by atoms with Crippen LogP contribution in [0.2, 0.25) is 0 Å². The molecule has 0 radical (unpaired) electrons. The number of fused-ring (bicyclic) bond motifs is 1. The van der Waals surface area contributed by atoms with Gasteiger partial charge in [-0.1, -0.05) is 0 Å². The Morgan fingerprint density at radius 1 is 1.25 bits per heavy atom. The molecule has 0 spiro atoms. The van der Waals surface area contributed by atoms with Gasteiger partial charge in [0, 0.05) is 23.2 Å². The number of pyridine rings is 2. The molecular formula is C19H13F3N4O2. The molecule has 0 saturated carbocycles. The summed E-state index contributed by atoms with van der Waals surface area (Å²) in [7, 11) is 0. The first-order valence-electron chi connectivity index (χ1n) is 8.14. The van der Waals surface area contributed by atoms with Crippen molar-refractivity contribution in [2.75, 3.05) is 0 Å². The largest absolute Gasteiger partial charge is 0.348 e. The summed E-state index contributed by atoms with van der Waals surface area (Å²) in [4.78, 5) is 30.5. The highest BCUT2D eigenvalue weighted by Crippen LogP contribution is 2.18. The van der Waals surface area contributed by atoms with E-state index in [4.69, 9.17) is 5.26 Å². The number of amides is 1. The molecule has 3 aromatic rings. The van der Waals surface area contributed by atoms with Crippen molar-refractivity contribution in [2.45, 2.75) is 19.4 Å². The van der Waals surface area contributed by atoms with Crippen molar-refractivity contribution >= 4 is 16.8 Å². The van der Waals surface area contributed by atoms with E-state index in [0.29, 0.717) is 6.07 Å². The lowest BCUT2D eigenvalue weighted by molar-refractivity contribution is -0.121. The van der Waals surface area contributed by atoms with E-state index in [1.54, 1.807) is 6.07 Å². The molecule has 1 atom stereocenters. The number of halogens is 3. The molecule has 28 heavy (non-hydrogen) atoms. The van der Waals surface area contributed by atoms with Gasteiger partial charge >= 0.3 is 0 Å². The second kappa shape index (κ2) is 7.52. The Hall–Kier alpha value is -3.67. The van der Waals surface area contributed by atoms with E-state index in [1.807, 2.05) is 0 Å². The Labute approximate surface area is 156 Å². The number of aromatic nitrogens is 2. The van der Waals surface area contributed by atoms with E-state index in [9.17, 15) is 22.8 Å². The number of aromatic amines is 1. The van der Waals surface area contributed by atoms with E-state index in [0.717, 1.165) is 12.1 Å². The predicted octanol–water partition coefficient (Wildman–Crippen LogP) is 2.63. The molecule has 2 N–H and O–H groups in total. The van der Waals surface area contributed by atoms with Crippen LogP contribution >= 0.6 is 0 Å². The van der Waals surface area contributed by atoms with Crippen LogP contribution in [0.1, 0.15) is 29.8 Å². The number of hydrogen-bond donors (Lipinski definition) is 2. The van der Waals surface area contributed by atoms with Crippen LogP contribution in [0.4, 0.5) is 13.2 Å². The molecule has 6 nitrogen and oxygen atoms in total. The van der Waals surface area contributed by atoms with Crippen LogP contribution < -0.4 is 10.9 Å². The smallest absolute Gasteiger partial charge is 0.252 e. The molecule has 3 rings (SSSR count). The van der Waals surface area contributed by atoms with Crippen molar-refractivity contribution in [1.29, 1.82) is 5.26 Å². The van der Waals surface area contributed by atoms with Crippen LogP contribution in [-0.2, 0) is 11.2 Å². The Morgan fingerprint density at radius 2 is 2.00 bits per heavy atom. The first kappa shape index (κ1) is 19.1. The number of nitriles is 1. The van der Waals surface area contributed by atoms with Gasteiger partial charge in [0.2, 0.25) is 5.91 Å². The quantitative estimate of drug-likeness (QED) is 0.720. The Bertz CT molecular complexity index is 1180. The third-order valence-corrected chi connectivity index (χ3v) is 4.09. The van der Waals surface area contributed by atoms with Gasteiger partial charge in [-0.25, -0.2) is 13.2 Å². The number of benzene rings is 1. The minimum atomic E-state index is -0.870. The molecule has 0 bridgehead atoms. The lowest BCUT2D eigenvalue weighted by Gasteiger charge is -2.14. The lowest BCUT2D eigenvalue weighted by atomic mass is 10.1. The van der Waals surface area contributed by atoms with Gasteiger partial charge in [0.1, 0.15) is 23.5 Å². The molecule has 0 aliphatic rings. The maximum atomic E-state index is 14.0. The summed E-state index contributed by atoms with van der Waals surface area (Å²) in [5, 5.41) is 11.2. The van der Waals surface area contributed by atoms with Crippen molar-refractivity contribution < 1.29 is 18.0 Å². The van der Waals surface area contributed by atoms with Gasteiger partial charge in [0.15, 0.2) is 0 Å². The zero-order valence-electron chi connectivity index (χ0n) is 14.5. The number of H-pyrrole nitrogens is 1. The minimum Gasteiger partial charge on any atom is -0.348 e. The molecule has 0 aliphatic carbocycles. The van der Waals surface area contributed by atoms with Crippen LogP contribution in [0.15, 0.2) is 35.3 Å². The van der Waals surface area contributed by atoms with Crippen molar-refractivity contribution in [3.63, 3.8) is 0 Å². The SMILES string of the molecule is C[C@@H](NC(=O)Cc1cc2c(F)cc(F)cc2[nH]c1=O)c1ncc(C#N)cc1F. The molecule has 142 valence electrons. The average molecular weight is 386 g/mol. The summed E-state index contributed by atoms with van der Waals surface area (Å²) in [6, 6.07) is 4.75. The fraction of sp³-hybridized carbons (Fsp3) is 0.158. The highest BCUT2D eigenvalue weighted by Gasteiger charge is 2.17. The average Bonchev–Trinajstić information content (AvgIpc) is 2.62. The van der Waals surface area contributed by atoms with Gasteiger partial charge in [-0.15, -0.1) is 0 Å². The number of nitrogens with zero attached hydrogens (tertiary/aromatic N) is 2. The van der Waals surface area contributed by atoms with Gasteiger partial charge in [0.25, 0.3) is 5.56 Å². The van der Waals surface area contributed by atoms with Gasteiger partial charge in [0.05, 0.1) is 29.2 Å². The predicted molar refractivity (Wildman–Crippen MR) is 93.7 cm³/mol. The standard InChI is InChI=1S/C19H13F3N4O2/c1-9(18-15(22)2-10(7-23)8-24-18)25-17(27)4-11-3-13-14(21)5-12(20)6-16(13)26-19(11)28/h2-3,5-6,8-9H,4H2,1H3,(H,25,27)(H,26,28)/t9-/m1/s1. The maximum absolute atomic E-state index is 14.0. The Morgan fingerprint density at radius 3 is 2.68 bits per heavy atom. The first-order valence-corrected chi connectivity index (χ1v) is 8.14. The van der Waals surface area contributed by atoms with Gasteiger partial charge in [-0.2, -0.15) is 5.26 Å². The highest BCUT2D eigenvalue weighted by molar-refractivity contribution is 5.83. The van der Waals surface area contributed by atoms with Gasteiger partial charge < -0.3 is 10.3 Å². The van der Waals surface area contributed by atoms with E-state index >= 15 is 0 Å². The first-order chi connectivity index (χ1) is 13.3. The molecule has 1 amide bonds. The topological polar surface area (TPSA) is 98.6 Å². The third kappa shape index (κ3) is 3.86. The molecule has 0 unspecified atom stereocenters. The van der Waals surface area contributed by atoms with E-state index in [1.165, 1.54) is 19.2 Å². The molecule has 0 fully saturated rings.